The summed E-state index contributed by atoms with van der Waals surface area (Å²) in [7, 11) is 0. The zero-order valence-electron chi connectivity index (χ0n) is 6.68. The summed E-state index contributed by atoms with van der Waals surface area (Å²) in [5, 5.41) is 0. The molecule has 1 aromatic heterocycles. The van der Waals surface area contributed by atoms with Crippen LogP contribution in [0.4, 0.5) is 8.78 Å². The molecule has 66 valence electrons. The van der Waals surface area contributed by atoms with Gasteiger partial charge in [-0.05, 0) is 19.8 Å². The third kappa shape index (κ3) is 1.21. The minimum Gasteiger partial charge on any atom is -0.445 e. The molecule has 1 aliphatic rings. The fraction of sp³-hybridized carbons (Fsp3) is 0.625. The molecule has 4 heteroatoms. The lowest BCUT2D eigenvalue weighted by atomic mass is 10.4. The third-order valence-corrected chi connectivity index (χ3v) is 1.98. The first-order valence-electron chi connectivity index (χ1n) is 3.94. The molecule has 0 radical (unpaired) electrons. The van der Waals surface area contributed by atoms with Crippen molar-refractivity contribution in [2.75, 3.05) is 0 Å². The van der Waals surface area contributed by atoms with Crippen LogP contribution in [0.5, 0.6) is 0 Å². The van der Waals surface area contributed by atoms with Crippen LogP contribution in [-0.2, 0) is 0 Å². The lowest BCUT2D eigenvalue weighted by Crippen LogP contribution is -1.87. The predicted octanol–water partition coefficient (Wildman–Crippen LogP) is 2.80. The molecule has 0 aromatic carbocycles. The highest BCUT2D eigenvalue weighted by molar-refractivity contribution is 5.13. The molecule has 1 saturated carbocycles. The van der Waals surface area contributed by atoms with E-state index in [0.717, 1.165) is 12.8 Å². The first-order chi connectivity index (χ1) is 5.68. The second-order valence-electron chi connectivity index (χ2n) is 3.07. The van der Waals surface area contributed by atoms with E-state index in [2.05, 4.69) is 4.98 Å². The first kappa shape index (κ1) is 7.71. The van der Waals surface area contributed by atoms with Crippen LogP contribution < -0.4 is 0 Å². The van der Waals surface area contributed by atoms with E-state index < -0.39 is 6.43 Å². The van der Waals surface area contributed by atoms with E-state index in [9.17, 15) is 8.78 Å². The van der Waals surface area contributed by atoms with Crippen LogP contribution in [0, 0.1) is 6.92 Å². The molecule has 0 atom stereocenters. The summed E-state index contributed by atoms with van der Waals surface area (Å²) < 4.78 is 29.5. The summed E-state index contributed by atoms with van der Waals surface area (Å²) >= 11 is 0. The fourth-order valence-corrected chi connectivity index (χ4v) is 1.14. The van der Waals surface area contributed by atoms with Gasteiger partial charge in [0.1, 0.15) is 11.5 Å². The molecule has 0 saturated heterocycles. The van der Waals surface area contributed by atoms with Crippen LogP contribution in [0.2, 0.25) is 0 Å². The molecule has 1 heterocycles. The highest BCUT2D eigenvalue weighted by Gasteiger charge is 2.31. The molecule has 0 N–H and O–H groups in total. The number of oxazole rings is 1. The minimum atomic E-state index is -2.51. The summed E-state index contributed by atoms with van der Waals surface area (Å²) in [6.45, 7) is 1.53. The van der Waals surface area contributed by atoms with E-state index in [1.807, 2.05) is 0 Å². The number of hydrogen-bond donors (Lipinski definition) is 0. The summed E-state index contributed by atoms with van der Waals surface area (Å²) in [4.78, 5) is 3.75. The predicted molar refractivity (Wildman–Crippen MR) is 38.2 cm³/mol. The van der Waals surface area contributed by atoms with Crippen molar-refractivity contribution in [1.82, 2.24) is 4.98 Å². The quantitative estimate of drug-likeness (QED) is 0.687. The molecular formula is C8H9F2NO. The van der Waals surface area contributed by atoms with Gasteiger partial charge in [0.15, 0.2) is 5.89 Å². The lowest BCUT2D eigenvalue weighted by molar-refractivity contribution is 0.145. The molecule has 12 heavy (non-hydrogen) atoms. The Labute approximate surface area is 68.6 Å². The van der Waals surface area contributed by atoms with Gasteiger partial charge in [-0.15, -0.1) is 0 Å². The second kappa shape index (κ2) is 2.54. The maximum absolute atomic E-state index is 12.2. The molecule has 0 spiro atoms. The molecule has 0 unspecified atom stereocenters. The van der Waals surface area contributed by atoms with Gasteiger partial charge in [-0.25, -0.2) is 13.8 Å². The topological polar surface area (TPSA) is 26.0 Å². The number of halogens is 2. The van der Waals surface area contributed by atoms with E-state index in [0.29, 0.717) is 11.8 Å². The zero-order chi connectivity index (χ0) is 8.72. The Morgan fingerprint density at radius 3 is 2.58 bits per heavy atom. The first-order valence-corrected chi connectivity index (χ1v) is 3.94. The van der Waals surface area contributed by atoms with Gasteiger partial charge in [0.2, 0.25) is 0 Å². The van der Waals surface area contributed by atoms with Crippen molar-refractivity contribution >= 4 is 0 Å². The Morgan fingerprint density at radius 2 is 2.17 bits per heavy atom. The smallest absolute Gasteiger partial charge is 0.283 e. The SMILES string of the molecule is Cc1oc(C2CC2)nc1C(F)F. The number of aromatic nitrogens is 1. The largest absolute Gasteiger partial charge is 0.445 e. The van der Waals surface area contributed by atoms with Gasteiger partial charge in [0.25, 0.3) is 6.43 Å². The zero-order valence-corrected chi connectivity index (χ0v) is 6.68. The van der Waals surface area contributed by atoms with Crippen molar-refractivity contribution in [2.45, 2.75) is 32.1 Å². The summed E-state index contributed by atoms with van der Waals surface area (Å²) in [6.07, 6.45) is -0.480. The van der Waals surface area contributed by atoms with Crippen LogP contribution in [0.1, 0.15) is 42.5 Å². The van der Waals surface area contributed by atoms with Crippen LogP contribution in [0.25, 0.3) is 0 Å². The van der Waals surface area contributed by atoms with E-state index >= 15 is 0 Å². The monoisotopic (exact) mass is 173 g/mol. The third-order valence-electron chi connectivity index (χ3n) is 1.98. The molecule has 0 amide bonds. The molecule has 2 nitrogen and oxygen atoms in total. The Hall–Kier alpha value is -0.930. The summed E-state index contributed by atoms with van der Waals surface area (Å²) in [5.74, 6) is 1.05. The number of rotatable bonds is 2. The maximum Gasteiger partial charge on any atom is 0.283 e. The Morgan fingerprint density at radius 1 is 1.50 bits per heavy atom. The van der Waals surface area contributed by atoms with E-state index in [1.165, 1.54) is 6.92 Å². The van der Waals surface area contributed by atoms with Crippen LogP contribution in [0.15, 0.2) is 4.42 Å². The fourth-order valence-electron chi connectivity index (χ4n) is 1.14. The van der Waals surface area contributed by atoms with Crippen molar-refractivity contribution in [3.63, 3.8) is 0 Å². The maximum atomic E-state index is 12.2. The van der Waals surface area contributed by atoms with Crippen molar-refractivity contribution in [2.24, 2.45) is 0 Å². The number of nitrogens with zero attached hydrogens (tertiary/aromatic N) is 1. The number of hydrogen-bond acceptors (Lipinski definition) is 2. The molecule has 1 aliphatic carbocycles. The van der Waals surface area contributed by atoms with E-state index in [1.54, 1.807) is 0 Å². The van der Waals surface area contributed by atoms with Crippen molar-refractivity contribution in [3.8, 4) is 0 Å². The normalized spacial score (nSPS) is 17.3. The summed E-state index contributed by atoms with van der Waals surface area (Å²) in [6, 6.07) is 0. The average molecular weight is 173 g/mol. The molecule has 1 fully saturated rings. The van der Waals surface area contributed by atoms with Gasteiger partial charge in [-0.3, -0.25) is 0 Å². The van der Waals surface area contributed by atoms with Crippen molar-refractivity contribution in [3.05, 3.63) is 17.3 Å². The van der Waals surface area contributed by atoms with Gasteiger partial charge in [-0.2, -0.15) is 0 Å². The average Bonchev–Trinajstić information content (AvgIpc) is 2.75. The molecule has 0 bridgehead atoms. The second-order valence-corrected chi connectivity index (χ2v) is 3.07. The molecule has 0 aliphatic heterocycles. The molecule has 2 rings (SSSR count). The highest BCUT2D eigenvalue weighted by Crippen LogP contribution is 2.40. The van der Waals surface area contributed by atoms with Gasteiger partial charge in [0, 0.05) is 5.92 Å². The van der Waals surface area contributed by atoms with Crippen LogP contribution in [0.3, 0.4) is 0 Å². The van der Waals surface area contributed by atoms with Crippen LogP contribution in [-0.4, -0.2) is 4.98 Å². The van der Waals surface area contributed by atoms with Crippen molar-refractivity contribution in [1.29, 1.82) is 0 Å². The summed E-state index contributed by atoms with van der Waals surface area (Å²) in [5.41, 5.74) is -0.197. The van der Waals surface area contributed by atoms with Crippen LogP contribution >= 0.6 is 0 Å². The lowest BCUT2D eigenvalue weighted by Gasteiger charge is -1.90. The Bertz CT molecular complexity index is 291. The Balaban J connectivity index is 2.30. The number of alkyl halides is 2. The molecule has 1 aromatic rings. The number of aryl methyl sites for hydroxylation is 1. The van der Waals surface area contributed by atoms with E-state index in [4.69, 9.17) is 4.42 Å². The van der Waals surface area contributed by atoms with Gasteiger partial charge >= 0.3 is 0 Å². The van der Waals surface area contributed by atoms with Gasteiger partial charge in [0.05, 0.1) is 0 Å². The van der Waals surface area contributed by atoms with Gasteiger partial charge < -0.3 is 4.42 Å². The Kier molecular flexibility index (Phi) is 1.63. The highest BCUT2D eigenvalue weighted by atomic mass is 19.3. The molecular weight excluding hydrogens is 164 g/mol. The van der Waals surface area contributed by atoms with E-state index in [-0.39, 0.29) is 11.5 Å². The van der Waals surface area contributed by atoms with Gasteiger partial charge in [-0.1, -0.05) is 0 Å². The minimum absolute atomic E-state index is 0.197. The standard InChI is InChI=1S/C8H9F2NO/c1-4-6(7(9)10)11-8(12-4)5-2-3-5/h5,7H,2-3H2,1H3. The van der Waals surface area contributed by atoms with Crippen molar-refractivity contribution < 1.29 is 13.2 Å².